The van der Waals surface area contributed by atoms with Crippen LogP contribution in [-0.4, -0.2) is 15.0 Å². The summed E-state index contributed by atoms with van der Waals surface area (Å²) in [6.45, 7) is 0. The Balaban J connectivity index is 1.11. The number of rotatable bonds is 8. The Morgan fingerprint density at radius 3 is 1.65 bits per heavy atom. The SMILES string of the molecule is c1ccc(C2=NC(c3ccccc3)NC(c3ccc(-c4ccccc4)cc3-n3c4ccccc4c4c(-c5cccc6c5c5ccccc5n6-c5ccccc5)c(-c5ccccc5)ccc43)N2)cc1. The lowest BCUT2D eigenvalue weighted by Gasteiger charge is -2.33. The third-order valence-corrected chi connectivity index (χ3v) is 13.6. The summed E-state index contributed by atoms with van der Waals surface area (Å²) in [5.74, 6) is 0.848. The molecule has 1 aliphatic rings. The first-order chi connectivity index (χ1) is 33.8. The first-order valence-corrected chi connectivity index (χ1v) is 23.4. The van der Waals surface area contributed by atoms with Crippen molar-refractivity contribution in [2.45, 2.75) is 12.3 Å². The van der Waals surface area contributed by atoms with E-state index in [1.807, 2.05) is 0 Å². The zero-order valence-corrected chi connectivity index (χ0v) is 37.2. The van der Waals surface area contributed by atoms with Crippen LogP contribution in [0.2, 0.25) is 0 Å². The van der Waals surface area contributed by atoms with E-state index >= 15 is 0 Å². The average molecular weight is 872 g/mol. The molecule has 13 rings (SSSR count). The number of hydrogen-bond acceptors (Lipinski definition) is 3. The molecule has 2 unspecified atom stereocenters. The molecule has 2 aromatic heterocycles. The second-order valence-corrected chi connectivity index (χ2v) is 17.5. The summed E-state index contributed by atoms with van der Waals surface area (Å²) < 4.78 is 4.92. The van der Waals surface area contributed by atoms with Gasteiger partial charge in [0.1, 0.15) is 18.2 Å². The minimum absolute atomic E-state index is 0.281. The van der Waals surface area contributed by atoms with Gasteiger partial charge in [-0.1, -0.05) is 206 Å². The molecule has 0 saturated carbocycles. The Morgan fingerprint density at radius 2 is 0.941 bits per heavy atom. The summed E-state index contributed by atoms with van der Waals surface area (Å²) in [5.41, 5.74) is 17.2. The topological polar surface area (TPSA) is 46.3 Å². The smallest absolute Gasteiger partial charge is 0.131 e. The molecule has 3 heterocycles. The zero-order valence-electron chi connectivity index (χ0n) is 37.2. The highest BCUT2D eigenvalue weighted by molar-refractivity contribution is 6.24. The van der Waals surface area contributed by atoms with Crippen LogP contribution in [0.4, 0.5) is 0 Å². The highest BCUT2D eigenvalue weighted by Gasteiger charge is 2.30. The molecule has 322 valence electrons. The molecule has 0 bridgehead atoms. The van der Waals surface area contributed by atoms with Crippen molar-refractivity contribution in [1.29, 1.82) is 0 Å². The van der Waals surface area contributed by atoms with Gasteiger partial charge in [0, 0.05) is 43.9 Å². The summed E-state index contributed by atoms with van der Waals surface area (Å²) in [6, 6.07) is 89.7. The van der Waals surface area contributed by atoms with Gasteiger partial charge in [0.2, 0.25) is 0 Å². The number of aliphatic imine (C=N–C) groups is 1. The van der Waals surface area contributed by atoms with Crippen molar-refractivity contribution >= 4 is 49.4 Å². The molecule has 0 spiro atoms. The number of aromatic nitrogens is 2. The Bertz CT molecular complexity index is 3840. The van der Waals surface area contributed by atoms with Gasteiger partial charge < -0.3 is 14.5 Å². The van der Waals surface area contributed by atoms with Gasteiger partial charge in [-0.15, -0.1) is 0 Å². The predicted molar refractivity (Wildman–Crippen MR) is 283 cm³/mol. The van der Waals surface area contributed by atoms with Crippen LogP contribution >= 0.6 is 0 Å². The van der Waals surface area contributed by atoms with E-state index in [4.69, 9.17) is 4.99 Å². The van der Waals surface area contributed by atoms with Gasteiger partial charge in [0.25, 0.3) is 0 Å². The fourth-order valence-electron chi connectivity index (χ4n) is 10.6. The lowest BCUT2D eigenvalue weighted by atomic mass is 9.88. The highest BCUT2D eigenvalue weighted by atomic mass is 15.3. The van der Waals surface area contributed by atoms with Gasteiger partial charge >= 0.3 is 0 Å². The Labute approximate surface area is 394 Å². The summed E-state index contributed by atoms with van der Waals surface area (Å²) in [4.78, 5) is 5.29. The van der Waals surface area contributed by atoms with Crippen molar-refractivity contribution in [3.63, 3.8) is 0 Å². The minimum Gasteiger partial charge on any atom is -0.350 e. The minimum atomic E-state index is -0.301. The maximum absolute atomic E-state index is 5.29. The molecule has 5 nitrogen and oxygen atoms in total. The van der Waals surface area contributed by atoms with Crippen LogP contribution in [0, 0.1) is 0 Å². The quantitative estimate of drug-likeness (QED) is 0.160. The molecule has 68 heavy (non-hydrogen) atoms. The first kappa shape index (κ1) is 39.6. The van der Waals surface area contributed by atoms with Gasteiger partial charge in [-0.3, -0.25) is 5.32 Å². The second kappa shape index (κ2) is 16.6. The van der Waals surface area contributed by atoms with Gasteiger partial charge in [0.05, 0.1) is 27.8 Å². The summed E-state index contributed by atoms with van der Waals surface area (Å²) in [6.07, 6.45) is -0.583. The largest absolute Gasteiger partial charge is 0.350 e. The van der Waals surface area contributed by atoms with Gasteiger partial charge in [0.15, 0.2) is 0 Å². The maximum atomic E-state index is 5.29. The third-order valence-electron chi connectivity index (χ3n) is 13.6. The molecular formula is C63H45N5. The Hall–Kier alpha value is -8.77. The standard InChI is InChI=1S/C63H45N5/c1-6-21-42(22-7-1)46-37-38-51(63-65-61(44-25-10-3-11-26-44)64-62(66-63)45-27-12-4-13-28-45)57(41-46)68-54-35-19-17-32-50(54)60-56(68)40-39-48(43-23-8-2-9-24-43)59(60)52-33-20-36-55-58(52)49-31-16-18-34-53(49)67(55)47-29-14-5-15-30-47/h1-41,61,63,65H,(H,64,66). The number of amidine groups is 1. The van der Waals surface area contributed by atoms with E-state index in [1.54, 1.807) is 0 Å². The van der Waals surface area contributed by atoms with E-state index < -0.39 is 0 Å². The van der Waals surface area contributed by atoms with E-state index in [1.165, 1.54) is 54.8 Å². The average Bonchev–Trinajstić information content (AvgIpc) is 3.95. The van der Waals surface area contributed by atoms with E-state index in [9.17, 15) is 0 Å². The lowest BCUT2D eigenvalue weighted by molar-refractivity contribution is 0.408. The molecule has 12 aromatic rings. The van der Waals surface area contributed by atoms with E-state index in [-0.39, 0.29) is 12.3 Å². The Morgan fingerprint density at radius 1 is 0.382 bits per heavy atom. The predicted octanol–water partition coefficient (Wildman–Crippen LogP) is 15.2. The van der Waals surface area contributed by atoms with E-state index in [2.05, 4.69) is 268 Å². The molecule has 1 aliphatic heterocycles. The molecule has 0 radical (unpaired) electrons. The van der Waals surface area contributed by atoms with Gasteiger partial charge in [-0.2, -0.15) is 0 Å². The highest BCUT2D eigenvalue weighted by Crippen LogP contribution is 2.48. The first-order valence-electron chi connectivity index (χ1n) is 23.4. The van der Waals surface area contributed by atoms with Crippen molar-refractivity contribution in [2.75, 3.05) is 0 Å². The molecule has 2 N–H and O–H groups in total. The van der Waals surface area contributed by atoms with E-state index in [0.29, 0.717) is 0 Å². The number of nitrogens with one attached hydrogen (secondary N) is 2. The zero-order chi connectivity index (χ0) is 45.0. The fourth-order valence-corrected chi connectivity index (χ4v) is 10.6. The van der Waals surface area contributed by atoms with Crippen molar-refractivity contribution in [3.05, 3.63) is 265 Å². The third kappa shape index (κ3) is 6.63. The molecule has 0 fully saturated rings. The fraction of sp³-hybridized carbons (Fsp3) is 0.0317. The van der Waals surface area contributed by atoms with Crippen LogP contribution in [0.25, 0.3) is 88.4 Å². The van der Waals surface area contributed by atoms with Crippen molar-refractivity contribution < 1.29 is 0 Å². The molecule has 0 amide bonds. The summed E-state index contributed by atoms with van der Waals surface area (Å²) >= 11 is 0. The lowest BCUT2D eigenvalue weighted by Crippen LogP contribution is -2.45. The number of nitrogens with zero attached hydrogens (tertiary/aromatic N) is 3. The summed E-state index contributed by atoms with van der Waals surface area (Å²) in [5, 5.41) is 12.7. The van der Waals surface area contributed by atoms with Crippen LogP contribution in [-0.2, 0) is 0 Å². The molecule has 2 atom stereocenters. The number of fused-ring (bicyclic) bond motifs is 6. The molecular weight excluding hydrogens is 827 g/mol. The monoisotopic (exact) mass is 871 g/mol. The molecule has 0 aliphatic carbocycles. The maximum Gasteiger partial charge on any atom is 0.131 e. The van der Waals surface area contributed by atoms with Gasteiger partial charge in [-0.25, -0.2) is 4.99 Å². The van der Waals surface area contributed by atoms with Crippen LogP contribution in [0.15, 0.2) is 254 Å². The van der Waals surface area contributed by atoms with Crippen LogP contribution in [0.1, 0.15) is 29.0 Å². The number of para-hydroxylation sites is 3. The van der Waals surface area contributed by atoms with Crippen LogP contribution < -0.4 is 10.6 Å². The van der Waals surface area contributed by atoms with Crippen molar-refractivity contribution in [2.24, 2.45) is 4.99 Å². The number of hydrogen-bond donors (Lipinski definition) is 2. The van der Waals surface area contributed by atoms with Crippen molar-refractivity contribution in [3.8, 4) is 44.8 Å². The summed E-state index contributed by atoms with van der Waals surface area (Å²) in [7, 11) is 0. The second-order valence-electron chi connectivity index (χ2n) is 17.5. The number of benzene rings is 10. The normalized spacial score (nSPS) is 14.9. The van der Waals surface area contributed by atoms with Crippen LogP contribution in [0.5, 0.6) is 0 Å². The Kier molecular flexibility index (Phi) is 9.66. The molecule has 0 saturated heterocycles. The molecule has 5 heteroatoms. The molecule has 10 aromatic carbocycles. The van der Waals surface area contributed by atoms with Crippen LogP contribution in [0.3, 0.4) is 0 Å². The van der Waals surface area contributed by atoms with E-state index in [0.717, 1.165) is 56.1 Å². The van der Waals surface area contributed by atoms with Gasteiger partial charge in [-0.05, 0) is 75.8 Å². The van der Waals surface area contributed by atoms with Crippen molar-refractivity contribution in [1.82, 2.24) is 19.8 Å².